The van der Waals surface area contributed by atoms with Crippen molar-refractivity contribution < 1.29 is 17.9 Å². The van der Waals surface area contributed by atoms with E-state index >= 15 is 0 Å². The minimum atomic E-state index is -3.60. The van der Waals surface area contributed by atoms with Crippen molar-refractivity contribution in [1.29, 1.82) is 0 Å². The maximum absolute atomic E-state index is 13.1. The molecule has 0 saturated carbocycles. The summed E-state index contributed by atoms with van der Waals surface area (Å²) in [6.45, 7) is 2.33. The van der Waals surface area contributed by atoms with Gasteiger partial charge < -0.3 is 10.1 Å². The molecular weight excluding hydrogens is 483 g/mol. The van der Waals surface area contributed by atoms with E-state index in [0.717, 1.165) is 16.7 Å². The summed E-state index contributed by atoms with van der Waals surface area (Å²) in [4.78, 5) is 12.6. The molecule has 0 spiro atoms. The minimum Gasteiger partial charge on any atom is -0.482 e. The Balaban J connectivity index is 1.43. The predicted octanol–water partition coefficient (Wildman–Crippen LogP) is 5.07. The lowest BCUT2D eigenvalue weighted by Crippen LogP contribution is -2.36. The molecular formula is C24H22Cl2N2O4S. The van der Waals surface area contributed by atoms with Crippen LogP contribution in [0.5, 0.6) is 5.75 Å². The third-order valence-electron chi connectivity index (χ3n) is 5.38. The van der Waals surface area contributed by atoms with Crippen molar-refractivity contribution in [2.24, 2.45) is 0 Å². The summed E-state index contributed by atoms with van der Waals surface area (Å²) >= 11 is 11.9. The SMILES string of the molecule is Cc1ccc(S(=O)(=O)N2CCc3ccc(NC(=O)COc4ccc(Cl)cc4Cl)cc3C2)cc1. The van der Waals surface area contributed by atoms with Crippen LogP contribution in [0.25, 0.3) is 0 Å². The summed E-state index contributed by atoms with van der Waals surface area (Å²) in [7, 11) is -3.60. The summed E-state index contributed by atoms with van der Waals surface area (Å²) in [6, 6.07) is 17.1. The molecule has 1 N–H and O–H groups in total. The van der Waals surface area contributed by atoms with Gasteiger partial charge in [-0.1, -0.05) is 47.0 Å². The number of rotatable bonds is 6. The van der Waals surface area contributed by atoms with E-state index in [1.165, 1.54) is 10.4 Å². The van der Waals surface area contributed by atoms with Gasteiger partial charge in [0.1, 0.15) is 5.75 Å². The zero-order chi connectivity index (χ0) is 23.6. The van der Waals surface area contributed by atoms with Crippen LogP contribution in [0.1, 0.15) is 16.7 Å². The number of fused-ring (bicyclic) bond motifs is 1. The molecule has 172 valence electrons. The van der Waals surface area contributed by atoms with Crippen LogP contribution in [-0.4, -0.2) is 31.8 Å². The molecule has 33 heavy (non-hydrogen) atoms. The Labute approximate surface area is 203 Å². The fourth-order valence-corrected chi connectivity index (χ4v) is 5.49. The Kier molecular flexibility index (Phi) is 6.95. The normalized spacial score (nSPS) is 13.9. The Morgan fingerprint density at radius 2 is 1.79 bits per heavy atom. The lowest BCUT2D eigenvalue weighted by atomic mass is 10.0. The van der Waals surface area contributed by atoms with Gasteiger partial charge >= 0.3 is 0 Å². The number of nitrogens with one attached hydrogen (secondary N) is 1. The van der Waals surface area contributed by atoms with E-state index in [9.17, 15) is 13.2 Å². The van der Waals surface area contributed by atoms with Crippen molar-refractivity contribution in [3.8, 4) is 5.75 Å². The number of hydrogen-bond acceptors (Lipinski definition) is 4. The van der Waals surface area contributed by atoms with Gasteiger partial charge in [0.15, 0.2) is 6.61 Å². The Bertz CT molecular complexity index is 1290. The van der Waals surface area contributed by atoms with Crippen LogP contribution >= 0.6 is 23.2 Å². The van der Waals surface area contributed by atoms with Gasteiger partial charge in [-0.15, -0.1) is 0 Å². The van der Waals surface area contributed by atoms with E-state index in [-0.39, 0.29) is 24.0 Å². The summed E-state index contributed by atoms with van der Waals surface area (Å²) in [6.07, 6.45) is 0.604. The van der Waals surface area contributed by atoms with Crippen LogP contribution in [0, 0.1) is 6.92 Å². The molecule has 1 amide bonds. The Morgan fingerprint density at radius 1 is 1.03 bits per heavy atom. The molecule has 1 aliphatic rings. The molecule has 3 aromatic carbocycles. The number of sulfonamides is 1. The van der Waals surface area contributed by atoms with Gasteiger partial charge in [-0.25, -0.2) is 8.42 Å². The Morgan fingerprint density at radius 3 is 2.52 bits per heavy atom. The number of carbonyl (C=O) groups excluding carboxylic acids is 1. The highest BCUT2D eigenvalue weighted by Crippen LogP contribution is 2.29. The maximum atomic E-state index is 13.1. The molecule has 0 atom stereocenters. The highest BCUT2D eigenvalue weighted by molar-refractivity contribution is 7.89. The van der Waals surface area contributed by atoms with E-state index in [0.29, 0.717) is 34.4 Å². The monoisotopic (exact) mass is 504 g/mol. The number of benzene rings is 3. The third kappa shape index (κ3) is 5.50. The fourth-order valence-electron chi connectivity index (χ4n) is 3.61. The van der Waals surface area contributed by atoms with Crippen LogP contribution in [0.2, 0.25) is 10.0 Å². The van der Waals surface area contributed by atoms with Gasteiger partial charge in [-0.3, -0.25) is 4.79 Å². The molecule has 4 rings (SSSR count). The van der Waals surface area contributed by atoms with Gasteiger partial charge in [-0.05, 0) is 66.9 Å². The number of aryl methyl sites for hydroxylation is 1. The first kappa shape index (κ1) is 23.6. The van der Waals surface area contributed by atoms with Crippen molar-refractivity contribution in [3.63, 3.8) is 0 Å². The molecule has 3 aromatic rings. The number of ether oxygens (including phenoxy) is 1. The summed E-state index contributed by atoms with van der Waals surface area (Å²) in [5, 5.41) is 3.58. The second-order valence-electron chi connectivity index (χ2n) is 7.80. The number of nitrogens with zero attached hydrogens (tertiary/aromatic N) is 1. The van der Waals surface area contributed by atoms with Gasteiger partial charge in [0.25, 0.3) is 5.91 Å². The summed E-state index contributed by atoms with van der Waals surface area (Å²) < 4.78 is 33.1. The fraction of sp³-hybridized carbons (Fsp3) is 0.208. The zero-order valence-corrected chi connectivity index (χ0v) is 20.2. The second-order valence-corrected chi connectivity index (χ2v) is 10.6. The van der Waals surface area contributed by atoms with E-state index in [1.54, 1.807) is 48.5 Å². The highest BCUT2D eigenvalue weighted by Gasteiger charge is 2.28. The topological polar surface area (TPSA) is 75.7 Å². The average molecular weight is 505 g/mol. The smallest absolute Gasteiger partial charge is 0.262 e. The molecule has 0 fully saturated rings. The van der Waals surface area contributed by atoms with Gasteiger partial charge in [0.05, 0.1) is 9.92 Å². The molecule has 0 unspecified atom stereocenters. The standard InChI is InChI=1S/C24H22Cl2N2O4S/c1-16-2-7-21(8-3-16)33(30,31)28-11-10-17-4-6-20(12-18(17)14-28)27-24(29)15-32-23-9-5-19(25)13-22(23)26/h2-9,12-13H,10-11,14-15H2,1H3,(H,27,29). The first-order valence-electron chi connectivity index (χ1n) is 10.3. The first-order chi connectivity index (χ1) is 15.7. The second kappa shape index (κ2) is 9.73. The number of halogens is 2. The number of amides is 1. The lowest BCUT2D eigenvalue weighted by molar-refractivity contribution is -0.118. The zero-order valence-electron chi connectivity index (χ0n) is 17.8. The highest BCUT2D eigenvalue weighted by atomic mass is 35.5. The van der Waals surface area contributed by atoms with E-state index in [2.05, 4.69) is 5.32 Å². The molecule has 0 aliphatic carbocycles. The molecule has 1 heterocycles. The van der Waals surface area contributed by atoms with Crippen molar-refractivity contribution in [2.75, 3.05) is 18.5 Å². The van der Waals surface area contributed by atoms with Crippen molar-refractivity contribution >= 4 is 44.8 Å². The van der Waals surface area contributed by atoms with Crippen molar-refractivity contribution in [1.82, 2.24) is 4.31 Å². The number of carbonyl (C=O) groups is 1. The molecule has 0 aromatic heterocycles. The largest absolute Gasteiger partial charge is 0.482 e. The van der Waals surface area contributed by atoms with Crippen LogP contribution in [-0.2, 0) is 27.8 Å². The lowest BCUT2D eigenvalue weighted by Gasteiger charge is -2.28. The van der Waals surface area contributed by atoms with Crippen LogP contribution in [0.4, 0.5) is 5.69 Å². The minimum absolute atomic E-state index is 0.230. The van der Waals surface area contributed by atoms with Gasteiger partial charge in [0, 0.05) is 23.8 Å². The third-order valence-corrected chi connectivity index (χ3v) is 7.77. The molecule has 0 bridgehead atoms. The molecule has 1 aliphatic heterocycles. The number of hydrogen-bond donors (Lipinski definition) is 1. The van der Waals surface area contributed by atoms with Gasteiger partial charge in [-0.2, -0.15) is 4.31 Å². The summed E-state index contributed by atoms with van der Waals surface area (Å²) in [5.74, 6) is -0.000444. The average Bonchev–Trinajstić information content (AvgIpc) is 2.78. The van der Waals surface area contributed by atoms with Gasteiger partial charge in [0.2, 0.25) is 10.0 Å². The quantitative estimate of drug-likeness (QED) is 0.508. The maximum Gasteiger partial charge on any atom is 0.262 e. The summed E-state index contributed by atoms with van der Waals surface area (Å²) in [5.41, 5.74) is 3.49. The van der Waals surface area contributed by atoms with E-state index in [1.807, 2.05) is 13.0 Å². The first-order valence-corrected chi connectivity index (χ1v) is 12.5. The van der Waals surface area contributed by atoms with Crippen LogP contribution in [0.3, 0.4) is 0 Å². The van der Waals surface area contributed by atoms with E-state index in [4.69, 9.17) is 27.9 Å². The van der Waals surface area contributed by atoms with Crippen molar-refractivity contribution in [2.45, 2.75) is 24.8 Å². The Hall–Kier alpha value is -2.58. The molecule has 0 radical (unpaired) electrons. The van der Waals surface area contributed by atoms with Crippen LogP contribution < -0.4 is 10.1 Å². The molecule has 6 nitrogen and oxygen atoms in total. The molecule has 9 heteroatoms. The predicted molar refractivity (Wildman–Crippen MR) is 130 cm³/mol. The molecule has 0 saturated heterocycles. The number of anilines is 1. The van der Waals surface area contributed by atoms with Crippen LogP contribution in [0.15, 0.2) is 65.6 Å². The van der Waals surface area contributed by atoms with Crippen molar-refractivity contribution in [3.05, 3.63) is 87.4 Å². The van der Waals surface area contributed by atoms with E-state index < -0.39 is 10.0 Å².